The van der Waals surface area contributed by atoms with Gasteiger partial charge >= 0.3 is 0 Å². The molecule has 1 heterocycles. The molecule has 4 aromatic rings. The van der Waals surface area contributed by atoms with Crippen LogP contribution >= 0.6 is 0 Å². The molecule has 1 amide bonds. The highest BCUT2D eigenvalue weighted by molar-refractivity contribution is 7.91. The summed E-state index contributed by atoms with van der Waals surface area (Å²) in [6.45, 7) is 4.49. The van der Waals surface area contributed by atoms with E-state index in [0.717, 1.165) is 11.3 Å². The molecule has 0 aliphatic rings. The zero-order valence-corrected chi connectivity index (χ0v) is 18.3. The first kappa shape index (κ1) is 20.9. The number of amides is 1. The number of carbonyl (C=O) groups is 1. The van der Waals surface area contributed by atoms with Gasteiger partial charge in [-0.1, -0.05) is 48.5 Å². The predicted molar refractivity (Wildman–Crippen MR) is 123 cm³/mol. The van der Waals surface area contributed by atoms with Crippen molar-refractivity contribution in [2.24, 2.45) is 0 Å². The number of carbonyl (C=O) groups excluding carboxylic acids is 1. The monoisotopic (exact) mass is 432 g/mol. The second-order valence-corrected chi connectivity index (χ2v) is 9.35. The van der Waals surface area contributed by atoms with E-state index >= 15 is 0 Å². The van der Waals surface area contributed by atoms with Crippen molar-refractivity contribution in [2.45, 2.75) is 30.2 Å². The van der Waals surface area contributed by atoms with Gasteiger partial charge in [0, 0.05) is 29.3 Å². The number of likely N-dealkylation sites (N-methyl/N-ethyl adjacent to an activating group) is 1. The van der Waals surface area contributed by atoms with E-state index in [1.165, 1.54) is 0 Å². The molecule has 5 nitrogen and oxygen atoms in total. The molecule has 0 saturated heterocycles. The molecule has 6 heteroatoms. The molecule has 1 aromatic heterocycles. The van der Waals surface area contributed by atoms with Gasteiger partial charge in [-0.15, -0.1) is 0 Å². The average Bonchev–Trinajstić information content (AvgIpc) is 3.14. The minimum atomic E-state index is -3.71. The average molecular weight is 433 g/mol. The van der Waals surface area contributed by atoms with Crippen LogP contribution in [-0.4, -0.2) is 25.4 Å². The molecular formula is C25H24N2O3S. The lowest BCUT2D eigenvalue weighted by Gasteiger charge is -2.22. The topological polar surface area (TPSA) is 59.4 Å². The molecule has 0 atom stereocenters. The Bertz CT molecular complexity index is 1340. The summed E-state index contributed by atoms with van der Waals surface area (Å²) in [5.41, 5.74) is 2.62. The number of benzene rings is 3. The largest absolute Gasteiger partial charge is 0.337 e. The maximum Gasteiger partial charge on any atom is 0.246 e. The molecule has 0 N–H and O–H groups in total. The van der Waals surface area contributed by atoms with Crippen LogP contribution in [0.15, 0.2) is 94.9 Å². The molecule has 4 rings (SSSR count). The first-order valence-corrected chi connectivity index (χ1v) is 11.6. The number of aromatic nitrogens is 1. The maximum atomic E-state index is 13.3. The van der Waals surface area contributed by atoms with E-state index in [0.29, 0.717) is 17.4 Å². The third-order valence-electron chi connectivity index (χ3n) is 5.33. The molecule has 0 bridgehead atoms. The number of nitrogens with zero attached hydrogens (tertiary/aromatic N) is 2. The Kier molecular flexibility index (Phi) is 5.65. The first-order valence-electron chi connectivity index (χ1n) is 10.2. The minimum Gasteiger partial charge on any atom is -0.337 e. The van der Waals surface area contributed by atoms with Gasteiger partial charge in [0.05, 0.1) is 9.79 Å². The molecule has 0 unspecified atom stereocenters. The molecule has 0 spiro atoms. The maximum absolute atomic E-state index is 13.3. The van der Waals surface area contributed by atoms with Crippen LogP contribution in [0.2, 0.25) is 0 Å². The zero-order chi connectivity index (χ0) is 22.0. The lowest BCUT2D eigenvalue weighted by molar-refractivity contribution is -0.119. The predicted octanol–water partition coefficient (Wildman–Crippen LogP) is 4.84. The fourth-order valence-corrected chi connectivity index (χ4v) is 5.31. The van der Waals surface area contributed by atoms with Gasteiger partial charge in [0.1, 0.15) is 6.54 Å². The first-order chi connectivity index (χ1) is 14.9. The quantitative estimate of drug-likeness (QED) is 0.438. The Balaban J connectivity index is 1.75. The summed E-state index contributed by atoms with van der Waals surface area (Å²) in [6.07, 6.45) is 1.58. The molecule has 0 saturated carbocycles. The van der Waals surface area contributed by atoms with Gasteiger partial charge in [0.25, 0.3) is 0 Å². The fraction of sp³-hybridized carbons (Fsp3) is 0.160. The van der Waals surface area contributed by atoms with Gasteiger partial charge in [0.15, 0.2) is 0 Å². The molecule has 31 heavy (non-hydrogen) atoms. The number of para-hydroxylation sites is 1. The van der Waals surface area contributed by atoms with Gasteiger partial charge in [-0.3, -0.25) is 4.79 Å². The van der Waals surface area contributed by atoms with E-state index in [1.54, 1.807) is 52.1 Å². The van der Waals surface area contributed by atoms with Crippen molar-refractivity contribution in [3.8, 4) is 0 Å². The van der Waals surface area contributed by atoms with Gasteiger partial charge in [0.2, 0.25) is 15.7 Å². The molecule has 3 aromatic carbocycles. The standard InChI is InChI=1S/C25H24N2O3S/c1-3-27(20-11-9-10-19(2)16-20)25(28)18-26-17-24(22-14-7-8-15-23(22)26)31(29,30)21-12-5-4-6-13-21/h4-17H,3,18H2,1-2H3. The van der Waals surface area contributed by atoms with E-state index in [-0.39, 0.29) is 22.2 Å². The molecule has 0 radical (unpaired) electrons. The summed E-state index contributed by atoms with van der Waals surface area (Å²) >= 11 is 0. The highest BCUT2D eigenvalue weighted by Gasteiger charge is 2.24. The number of sulfone groups is 1. The van der Waals surface area contributed by atoms with Crippen LogP contribution in [0.1, 0.15) is 12.5 Å². The molecule has 0 aliphatic heterocycles. The summed E-state index contributed by atoms with van der Waals surface area (Å²) in [5, 5.41) is 0.609. The van der Waals surface area contributed by atoms with Crippen LogP contribution in [0.5, 0.6) is 0 Å². The number of anilines is 1. The molecule has 158 valence electrons. The summed E-state index contributed by atoms with van der Waals surface area (Å²) in [5.74, 6) is -0.0995. The van der Waals surface area contributed by atoms with E-state index in [9.17, 15) is 13.2 Å². The zero-order valence-electron chi connectivity index (χ0n) is 17.5. The second kappa shape index (κ2) is 8.40. The van der Waals surface area contributed by atoms with Crippen molar-refractivity contribution in [3.63, 3.8) is 0 Å². The van der Waals surface area contributed by atoms with Crippen LogP contribution in [0, 0.1) is 6.92 Å². The number of fused-ring (bicyclic) bond motifs is 1. The highest BCUT2D eigenvalue weighted by Crippen LogP contribution is 2.30. The van der Waals surface area contributed by atoms with Crippen LogP contribution in [-0.2, 0) is 21.2 Å². The number of hydrogen-bond acceptors (Lipinski definition) is 3. The SMILES string of the molecule is CCN(C(=O)Cn1cc(S(=O)(=O)c2ccccc2)c2ccccc21)c1cccc(C)c1. The van der Waals surface area contributed by atoms with Crippen molar-refractivity contribution >= 4 is 32.3 Å². The van der Waals surface area contributed by atoms with Crippen LogP contribution < -0.4 is 4.90 Å². The number of aryl methyl sites for hydroxylation is 1. The third kappa shape index (κ3) is 3.99. The van der Waals surface area contributed by atoms with Crippen LogP contribution in [0.25, 0.3) is 10.9 Å². The van der Waals surface area contributed by atoms with E-state index in [4.69, 9.17) is 0 Å². The van der Waals surface area contributed by atoms with Crippen molar-refractivity contribution in [2.75, 3.05) is 11.4 Å². The lowest BCUT2D eigenvalue weighted by atomic mass is 10.2. The second-order valence-electron chi connectivity index (χ2n) is 7.43. The molecule has 0 fully saturated rings. The van der Waals surface area contributed by atoms with Crippen LogP contribution in [0.4, 0.5) is 5.69 Å². The summed E-state index contributed by atoms with van der Waals surface area (Å²) in [6, 6.07) is 23.4. The van der Waals surface area contributed by atoms with Crippen molar-refractivity contribution in [1.29, 1.82) is 0 Å². The summed E-state index contributed by atoms with van der Waals surface area (Å²) in [7, 11) is -3.71. The van der Waals surface area contributed by atoms with Crippen molar-refractivity contribution in [3.05, 3.63) is 90.6 Å². The summed E-state index contributed by atoms with van der Waals surface area (Å²) in [4.78, 5) is 15.3. The Morgan fingerprint density at radius 2 is 1.65 bits per heavy atom. The Morgan fingerprint density at radius 3 is 2.35 bits per heavy atom. The van der Waals surface area contributed by atoms with Gasteiger partial charge < -0.3 is 9.47 Å². The van der Waals surface area contributed by atoms with Crippen LogP contribution in [0.3, 0.4) is 0 Å². The Hall–Kier alpha value is -3.38. The molecular weight excluding hydrogens is 408 g/mol. The third-order valence-corrected chi connectivity index (χ3v) is 7.13. The van der Waals surface area contributed by atoms with Crippen molar-refractivity contribution < 1.29 is 13.2 Å². The fourth-order valence-electron chi connectivity index (χ4n) is 3.81. The van der Waals surface area contributed by atoms with Gasteiger partial charge in [-0.25, -0.2) is 8.42 Å². The lowest BCUT2D eigenvalue weighted by Crippen LogP contribution is -2.33. The van der Waals surface area contributed by atoms with Crippen molar-refractivity contribution in [1.82, 2.24) is 4.57 Å². The van der Waals surface area contributed by atoms with Gasteiger partial charge in [-0.05, 0) is 49.7 Å². The Labute approximate surface area is 182 Å². The summed E-state index contributed by atoms with van der Waals surface area (Å²) < 4.78 is 28.3. The molecule has 0 aliphatic carbocycles. The smallest absolute Gasteiger partial charge is 0.246 e. The minimum absolute atomic E-state index is 0.0482. The van der Waals surface area contributed by atoms with E-state index in [1.807, 2.05) is 56.3 Å². The number of rotatable bonds is 6. The van der Waals surface area contributed by atoms with E-state index < -0.39 is 9.84 Å². The van der Waals surface area contributed by atoms with Gasteiger partial charge in [-0.2, -0.15) is 0 Å². The normalized spacial score (nSPS) is 11.5. The Morgan fingerprint density at radius 1 is 0.935 bits per heavy atom. The van der Waals surface area contributed by atoms with E-state index in [2.05, 4.69) is 0 Å². The number of hydrogen-bond donors (Lipinski definition) is 0. The highest BCUT2D eigenvalue weighted by atomic mass is 32.2.